The standard InChI is InChI=1S/C21H24O3/c1-2-3-4-5-6-8-13-17-14-15-18(16-11-9-7-10-12-16)20-19(17)23-21(22)24-20/h7,9-12,14-15H,2-6,8,13H2,1H3. The molecular weight excluding hydrogens is 300 g/mol. The summed E-state index contributed by atoms with van der Waals surface area (Å²) in [6.07, 6.45) is 8.39. The zero-order valence-corrected chi connectivity index (χ0v) is 14.2. The third-order valence-corrected chi connectivity index (χ3v) is 4.45. The maximum absolute atomic E-state index is 11.6. The zero-order chi connectivity index (χ0) is 16.8. The summed E-state index contributed by atoms with van der Waals surface area (Å²) in [5.74, 6) is -0.627. The van der Waals surface area contributed by atoms with Gasteiger partial charge in [-0.2, -0.15) is 0 Å². The molecule has 0 saturated heterocycles. The Morgan fingerprint density at radius 2 is 1.50 bits per heavy atom. The lowest BCUT2D eigenvalue weighted by atomic mass is 9.99. The normalized spacial score (nSPS) is 11.2. The fourth-order valence-electron chi connectivity index (χ4n) is 3.14. The Morgan fingerprint density at radius 1 is 0.792 bits per heavy atom. The van der Waals surface area contributed by atoms with Crippen LogP contribution in [0.3, 0.4) is 0 Å². The van der Waals surface area contributed by atoms with Crippen molar-refractivity contribution in [3.63, 3.8) is 0 Å². The number of rotatable bonds is 8. The van der Waals surface area contributed by atoms with Crippen LogP contribution in [0.2, 0.25) is 0 Å². The molecule has 0 spiro atoms. The molecule has 3 nitrogen and oxygen atoms in total. The van der Waals surface area contributed by atoms with Gasteiger partial charge in [0.25, 0.3) is 0 Å². The molecule has 2 aromatic carbocycles. The summed E-state index contributed by atoms with van der Waals surface area (Å²) in [7, 11) is 0. The van der Waals surface area contributed by atoms with Crippen molar-refractivity contribution in [3.8, 4) is 11.1 Å². The molecule has 0 saturated carbocycles. The number of hydrogen-bond donors (Lipinski definition) is 0. The highest BCUT2D eigenvalue weighted by Crippen LogP contribution is 2.31. The summed E-state index contributed by atoms with van der Waals surface area (Å²) in [6, 6.07) is 14.0. The van der Waals surface area contributed by atoms with Crippen molar-refractivity contribution in [2.75, 3.05) is 0 Å². The van der Waals surface area contributed by atoms with Gasteiger partial charge in [0, 0.05) is 5.56 Å². The lowest BCUT2D eigenvalue weighted by Crippen LogP contribution is -1.89. The highest BCUT2D eigenvalue weighted by molar-refractivity contribution is 5.90. The first-order valence-electron chi connectivity index (χ1n) is 8.90. The van der Waals surface area contributed by atoms with Crippen LogP contribution in [0.15, 0.2) is 56.1 Å². The van der Waals surface area contributed by atoms with E-state index in [0.29, 0.717) is 11.2 Å². The zero-order valence-electron chi connectivity index (χ0n) is 14.2. The molecule has 0 radical (unpaired) electrons. The van der Waals surface area contributed by atoms with Crippen molar-refractivity contribution in [2.45, 2.75) is 51.9 Å². The topological polar surface area (TPSA) is 43.4 Å². The fourth-order valence-corrected chi connectivity index (χ4v) is 3.14. The molecule has 126 valence electrons. The largest absolute Gasteiger partial charge is 0.519 e. The molecule has 0 atom stereocenters. The van der Waals surface area contributed by atoms with Crippen LogP contribution < -0.4 is 5.82 Å². The third kappa shape index (κ3) is 3.78. The monoisotopic (exact) mass is 324 g/mol. The van der Waals surface area contributed by atoms with Crippen molar-refractivity contribution in [1.82, 2.24) is 0 Å². The highest BCUT2D eigenvalue weighted by Gasteiger charge is 2.15. The van der Waals surface area contributed by atoms with Crippen LogP contribution in [0.4, 0.5) is 0 Å². The third-order valence-electron chi connectivity index (χ3n) is 4.45. The second-order valence-electron chi connectivity index (χ2n) is 6.27. The molecule has 3 rings (SSSR count). The Balaban J connectivity index is 1.80. The number of fused-ring (bicyclic) bond motifs is 1. The Kier molecular flexibility index (Phi) is 5.52. The number of unbranched alkanes of at least 4 members (excludes halogenated alkanes) is 5. The average molecular weight is 324 g/mol. The molecule has 0 aliphatic heterocycles. The molecule has 3 heteroatoms. The summed E-state index contributed by atoms with van der Waals surface area (Å²) in [4.78, 5) is 11.6. The van der Waals surface area contributed by atoms with Crippen molar-refractivity contribution in [2.24, 2.45) is 0 Å². The molecule has 0 bridgehead atoms. The molecule has 24 heavy (non-hydrogen) atoms. The predicted octanol–water partition coefficient (Wildman–Crippen LogP) is 5.96. The van der Waals surface area contributed by atoms with Gasteiger partial charge >= 0.3 is 5.82 Å². The molecule has 0 unspecified atom stereocenters. The van der Waals surface area contributed by atoms with Gasteiger partial charge in [-0.1, -0.05) is 81.5 Å². The van der Waals surface area contributed by atoms with Gasteiger partial charge in [-0.25, -0.2) is 4.79 Å². The Labute approximate surface area is 142 Å². The van der Waals surface area contributed by atoms with E-state index in [4.69, 9.17) is 8.83 Å². The second-order valence-corrected chi connectivity index (χ2v) is 6.27. The highest BCUT2D eigenvalue weighted by atomic mass is 16.6. The van der Waals surface area contributed by atoms with Crippen molar-refractivity contribution in [1.29, 1.82) is 0 Å². The van der Waals surface area contributed by atoms with E-state index < -0.39 is 5.82 Å². The lowest BCUT2D eigenvalue weighted by molar-refractivity contribution is 0.408. The van der Waals surface area contributed by atoms with Gasteiger partial charge in [-0.05, 0) is 24.0 Å². The lowest BCUT2D eigenvalue weighted by Gasteiger charge is -2.06. The average Bonchev–Trinajstić information content (AvgIpc) is 3.00. The van der Waals surface area contributed by atoms with E-state index >= 15 is 0 Å². The molecule has 1 heterocycles. The first-order chi connectivity index (χ1) is 11.8. The van der Waals surface area contributed by atoms with E-state index in [1.54, 1.807) is 0 Å². The molecule has 1 aromatic heterocycles. The van der Waals surface area contributed by atoms with Gasteiger partial charge in [0.1, 0.15) is 0 Å². The SMILES string of the molecule is CCCCCCCCc1ccc(-c2ccccc2)c2oc(=O)oc12. The van der Waals surface area contributed by atoms with Crippen molar-refractivity contribution >= 4 is 11.2 Å². The summed E-state index contributed by atoms with van der Waals surface area (Å²) in [6.45, 7) is 2.23. The molecule has 0 fully saturated rings. The number of hydrogen-bond acceptors (Lipinski definition) is 3. The predicted molar refractivity (Wildman–Crippen MR) is 97.3 cm³/mol. The van der Waals surface area contributed by atoms with Gasteiger partial charge in [0.05, 0.1) is 0 Å². The van der Waals surface area contributed by atoms with Gasteiger partial charge < -0.3 is 8.83 Å². The van der Waals surface area contributed by atoms with E-state index in [1.165, 1.54) is 32.1 Å². The Hall–Kier alpha value is -2.29. The van der Waals surface area contributed by atoms with E-state index in [9.17, 15) is 4.79 Å². The molecule has 3 aromatic rings. The van der Waals surface area contributed by atoms with Gasteiger partial charge in [-0.15, -0.1) is 0 Å². The summed E-state index contributed by atoms with van der Waals surface area (Å²) < 4.78 is 10.7. The van der Waals surface area contributed by atoms with Crippen LogP contribution in [-0.4, -0.2) is 0 Å². The van der Waals surface area contributed by atoms with Gasteiger partial charge in [0.2, 0.25) is 0 Å². The second kappa shape index (κ2) is 8.00. The van der Waals surface area contributed by atoms with Gasteiger partial charge in [0.15, 0.2) is 11.2 Å². The molecule has 0 aliphatic rings. The maximum Gasteiger partial charge on any atom is 0.519 e. The first-order valence-corrected chi connectivity index (χ1v) is 8.90. The number of benzene rings is 2. The molecule has 0 N–H and O–H groups in total. The Bertz CT molecular complexity index is 827. The molecule has 0 aliphatic carbocycles. The quantitative estimate of drug-likeness (QED) is 0.480. The summed E-state index contributed by atoms with van der Waals surface area (Å²) in [5.41, 5.74) is 4.16. The van der Waals surface area contributed by atoms with Crippen LogP contribution in [0.1, 0.15) is 51.0 Å². The van der Waals surface area contributed by atoms with E-state index in [0.717, 1.165) is 29.5 Å². The first kappa shape index (κ1) is 16.6. The minimum absolute atomic E-state index is 0.565. The molecular formula is C21H24O3. The van der Waals surface area contributed by atoms with Crippen molar-refractivity contribution < 1.29 is 8.83 Å². The van der Waals surface area contributed by atoms with Crippen molar-refractivity contribution in [3.05, 3.63) is 58.6 Å². The van der Waals surface area contributed by atoms with E-state index in [2.05, 4.69) is 13.0 Å². The van der Waals surface area contributed by atoms with E-state index in [1.807, 2.05) is 36.4 Å². The van der Waals surface area contributed by atoms with Crippen LogP contribution in [0.25, 0.3) is 22.3 Å². The minimum atomic E-state index is -0.627. The number of aryl methyl sites for hydroxylation is 1. The fraction of sp³-hybridized carbons (Fsp3) is 0.381. The van der Waals surface area contributed by atoms with Crippen LogP contribution in [0, 0.1) is 0 Å². The van der Waals surface area contributed by atoms with E-state index in [-0.39, 0.29) is 0 Å². The van der Waals surface area contributed by atoms with Crippen LogP contribution in [0.5, 0.6) is 0 Å². The maximum atomic E-state index is 11.6. The minimum Gasteiger partial charge on any atom is -0.390 e. The summed E-state index contributed by atoms with van der Waals surface area (Å²) >= 11 is 0. The Morgan fingerprint density at radius 3 is 2.29 bits per heavy atom. The van der Waals surface area contributed by atoms with Gasteiger partial charge in [-0.3, -0.25) is 0 Å². The summed E-state index contributed by atoms with van der Waals surface area (Å²) in [5, 5.41) is 0. The van der Waals surface area contributed by atoms with Crippen LogP contribution >= 0.6 is 0 Å². The van der Waals surface area contributed by atoms with Crippen LogP contribution in [-0.2, 0) is 6.42 Å². The molecule has 0 amide bonds. The smallest absolute Gasteiger partial charge is 0.390 e.